The maximum Gasteiger partial charge on any atom is 0.302 e. The molecule has 0 radical (unpaired) electrons. The van der Waals surface area contributed by atoms with Crippen LogP contribution in [0.3, 0.4) is 0 Å². The lowest BCUT2D eigenvalue weighted by molar-refractivity contribution is -0.146. The minimum Gasteiger partial charge on any atom is -0.506 e. The van der Waals surface area contributed by atoms with Crippen LogP contribution in [0, 0.1) is 0 Å². The van der Waals surface area contributed by atoms with Gasteiger partial charge in [-0.25, -0.2) is 0 Å². The molecule has 3 rings (SSSR count). The van der Waals surface area contributed by atoms with Crippen molar-refractivity contribution in [2.45, 2.75) is 25.7 Å². The van der Waals surface area contributed by atoms with Gasteiger partial charge in [0.1, 0.15) is 32.0 Å². The first-order valence-electron chi connectivity index (χ1n) is 9.12. The standard InChI is InChI=1S/C22H22O7/c1-14(23)27-12-18(24)22-21(19(25)13-29-22)28-11-15-7-9-17(10-8-15)20(26)16-5-3-2-4-6-16/h2-10,18,22,24-25H,11-13H2,1H3. The summed E-state index contributed by atoms with van der Waals surface area (Å²) in [6.45, 7) is 0.983. The Bertz CT molecular complexity index is 887. The van der Waals surface area contributed by atoms with Crippen molar-refractivity contribution in [2.24, 2.45) is 0 Å². The van der Waals surface area contributed by atoms with Crippen LogP contribution in [-0.2, 0) is 25.6 Å². The van der Waals surface area contributed by atoms with Crippen LogP contribution in [0.15, 0.2) is 66.1 Å². The Morgan fingerprint density at radius 2 is 1.76 bits per heavy atom. The molecule has 0 aromatic heterocycles. The minimum absolute atomic E-state index is 0.0729. The van der Waals surface area contributed by atoms with Gasteiger partial charge < -0.3 is 24.4 Å². The Morgan fingerprint density at radius 3 is 2.41 bits per heavy atom. The second-order valence-corrected chi connectivity index (χ2v) is 6.59. The highest BCUT2D eigenvalue weighted by atomic mass is 16.6. The van der Waals surface area contributed by atoms with Crippen molar-refractivity contribution in [3.63, 3.8) is 0 Å². The molecule has 0 bridgehead atoms. The molecule has 0 aliphatic carbocycles. The minimum atomic E-state index is -1.16. The predicted molar refractivity (Wildman–Crippen MR) is 103 cm³/mol. The van der Waals surface area contributed by atoms with Gasteiger partial charge in [-0.15, -0.1) is 0 Å². The number of hydrogen-bond acceptors (Lipinski definition) is 7. The number of carbonyl (C=O) groups is 2. The van der Waals surface area contributed by atoms with Crippen LogP contribution in [0.1, 0.15) is 28.4 Å². The molecule has 0 spiro atoms. The Balaban J connectivity index is 1.61. The van der Waals surface area contributed by atoms with Gasteiger partial charge in [-0.05, 0) is 5.56 Å². The molecule has 0 amide bonds. The summed E-state index contributed by atoms with van der Waals surface area (Å²) in [4.78, 5) is 23.3. The van der Waals surface area contributed by atoms with E-state index in [0.717, 1.165) is 5.56 Å². The molecular formula is C22H22O7. The van der Waals surface area contributed by atoms with Gasteiger partial charge in [-0.3, -0.25) is 9.59 Å². The Morgan fingerprint density at radius 1 is 1.10 bits per heavy atom. The Labute approximate surface area is 168 Å². The SMILES string of the molecule is CC(=O)OCC(O)C1OCC(O)=C1OCc1ccc(C(=O)c2ccccc2)cc1. The van der Waals surface area contributed by atoms with E-state index in [1.807, 2.05) is 18.2 Å². The van der Waals surface area contributed by atoms with Gasteiger partial charge in [-0.2, -0.15) is 0 Å². The number of ether oxygens (including phenoxy) is 3. The quantitative estimate of drug-likeness (QED) is 0.520. The van der Waals surface area contributed by atoms with Crippen LogP contribution in [-0.4, -0.2) is 47.4 Å². The molecule has 152 valence electrons. The molecule has 1 aliphatic rings. The molecule has 0 saturated carbocycles. The molecule has 29 heavy (non-hydrogen) atoms. The van der Waals surface area contributed by atoms with Crippen molar-refractivity contribution in [3.8, 4) is 0 Å². The largest absolute Gasteiger partial charge is 0.506 e. The molecule has 0 saturated heterocycles. The molecular weight excluding hydrogens is 376 g/mol. The summed E-state index contributed by atoms with van der Waals surface area (Å²) in [5.74, 6) is -0.610. The number of benzene rings is 2. The average molecular weight is 398 g/mol. The maximum absolute atomic E-state index is 12.4. The van der Waals surface area contributed by atoms with Gasteiger partial charge >= 0.3 is 5.97 Å². The van der Waals surface area contributed by atoms with Gasteiger partial charge in [0, 0.05) is 18.1 Å². The molecule has 2 aromatic carbocycles. The van der Waals surface area contributed by atoms with Crippen molar-refractivity contribution < 1.29 is 34.0 Å². The molecule has 2 N–H and O–H groups in total. The highest BCUT2D eigenvalue weighted by molar-refractivity contribution is 6.08. The van der Waals surface area contributed by atoms with Crippen molar-refractivity contribution in [1.29, 1.82) is 0 Å². The summed E-state index contributed by atoms with van der Waals surface area (Å²) >= 11 is 0. The molecule has 2 aromatic rings. The highest BCUT2D eigenvalue weighted by Gasteiger charge is 2.35. The second-order valence-electron chi connectivity index (χ2n) is 6.59. The van der Waals surface area contributed by atoms with Gasteiger partial charge in [-0.1, -0.05) is 54.6 Å². The summed E-state index contributed by atoms with van der Waals surface area (Å²) in [5.41, 5.74) is 1.94. The third-order valence-corrected chi connectivity index (χ3v) is 4.40. The smallest absolute Gasteiger partial charge is 0.302 e. The lowest BCUT2D eigenvalue weighted by Crippen LogP contribution is -2.33. The summed E-state index contributed by atoms with van der Waals surface area (Å²) in [6.07, 6.45) is -2.09. The second kappa shape index (κ2) is 9.36. The molecule has 7 nitrogen and oxygen atoms in total. The van der Waals surface area contributed by atoms with Crippen molar-refractivity contribution in [3.05, 3.63) is 82.8 Å². The zero-order valence-corrected chi connectivity index (χ0v) is 15.9. The zero-order chi connectivity index (χ0) is 20.8. The number of carbonyl (C=O) groups excluding carboxylic acids is 2. The first kappa shape index (κ1) is 20.6. The molecule has 1 aliphatic heterocycles. The van der Waals surface area contributed by atoms with E-state index in [-0.39, 0.29) is 37.1 Å². The van der Waals surface area contributed by atoms with E-state index in [4.69, 9.17) is 14.2 Å². The highest BCUT2D eigenvalue weighted by Crippen LogP contribution is 2.25. The molecule has 1 heterocycles. The lowest BCUT2D eigenvalue weighted by Gasteiger charge is -2.20. The number of aliphatic hydroxyl groups excluding tert-OH is 2. The van der Waals surface area contributed by atoms with Gasteiger partial charge in [0.15, 0.2) is 17.3 Å². The van der Waals surface area contributed by atoms with Gasteiger partial charge in [0.2, 0.25) is 0 Å². The van der Waals surface area contributed by atoms with E-state index in [0.29, 0.717) is 11.1 Å². The molecule has 0 fully saturated rings. The topological polar surface area (TPSA) is 102 Å². The van der Waals surface area contributed by atoms with Gasteiger partial charge in [0.25, 0.3) is 0 Å². The van der Waals surface area contributed by atoms with E-state index >= 15 is 0 Å². The summed E-state index contributed by atoms with van der Waals surface area (Å²) in [5, 5.41) is 20.1. The first-order valence-corrected chi connectivity index (χ1v) is 9.12. The number of esters is 1. The maximum atomic E-state index is 12.4. The van der Waals surface area contributed by atoms with Crippen LogP contribution < -0.4 is 0 Å². The summed E-state index contributed by atoms with van der Waals surface area (Å²) in [6, 6.07) is 15.9. The number of aliphatic hydroxyl groups is 2. The zero-order valence-electron chi connectivity index (χ0n) is 15.9. The average Bonchev–Trinajstić information content (AvgIpc) is 3.11. The Hall–Kier alpha value is -3.16. The fourth-order valence-corrected chi connectivity index (χ4v) is 2.89. The van der Waals surface area contributed by atoms with E-state index in [9.17, 15) is 19.8 Å². The van der Waals surface area contributed by atoms with Crippen LogP contribution in [0.5, 0.6) is 0 Å². The lowest BCUT2D eigenvalue weighted by atomic mass is 10.0. The van der Waals surface area contributed by atoms with E-state index in [1.54, 1.807) is 36.4 Å². The fourth-order valence-electron chi connectivity index (χ4n) is 2.89. The number of hydrogen-bond donors (Lipinski definition) is 2. The van der Waals surface area contributed by atoms with Crippen molar-refractivity contribution in [2.75, 3.05) is 13.2 Å². The van der Waals surface area contributed by atoms with Crippen LogP contribution in [0.4, 0.5) is 0 Å². The molecule has 2 atom stereocenters. The summed E-state index contributed by atoms with van der Waals surface area (Å²) < 4.78 is 15.7. The van der Waals surface area contributed by atoms with Crippen LogP contribution in [0.25, 0.3) is 0 Å². The van der Waals surface area contributed by atoms with Gasteiger partial charge in [0.05, 0.1) is 0 Å². The van der Waals surface area contributed by atoms with E-state index in [2.05, 4.69) is 0 Å². The fraction of sp³-hybridized carbons (Fsp3) is 0.273. The number of ketones is 1. The normalized spacial score (nSPS) is 17.1. The summed E-state index contributed by atoms with van der Waals surface area (Å²) in [7, 11) is 0. The molecule has 2 unspecified atom stereocenters. The molecule has 7 heteroatoms. The van der Waals surface area contributed by atoms with Crippen molar-refractivity contribution in [1.82, 2.24) is 0 Å². The van der Waals surface area contributed by atoms with E-state index < -0.39 is 18.2 Å². The third kappa shape index (κ3) is 5.22. The first-order chi connectivity index (χ1) is 14.0. The van der Waals surface area contributed by atoms with Crippen molar-refractivity contribution >= 4 is 11.8 Å². The monoisotopic (exact) mass is 398 g/mol. The van der Waals surface area contributed by atoms with Crippen LogP contribution in [0.2, 0.25) is 0 Å². The number of rotatable bonds is 8. The Kier molecular flexibility index (Phi) is 6.64. The predicted octanol–water partition coefficient (Wildman–Crippen LogP) is 2.53. The van der Waals surface area contributed by atoms with Crippen LogP contribution >= 0.6 is 0 Å². The third-order valence-electron chi connectivity index (χ3n) is 4.40. The van der Waals surface area contributed by atoms with E-state index in [1.165, 1.54) is 6.92 Å².